The number of hydrogen-bond acceptors (Lipinski definition) is 0. The summed E-state index contributed by atoms with van der Waals surface area (Å²) in [7, 11) is 0. The van der Waals surface area contributed by atoms with Crippen molar-refractivity contribution in [3.05, 3.63) is 365 Å². The van der Waals surface area contributed by atoms with Crippen molar-refractivity contribution in [3.8, 4) is 83.6 Å². The number of para-hydroxylation sites is 1. The average molecular weight is 1110 g/mol. The van der Waals surface area contributed by atoms with E-state index in [1.54, 1.807) is 0 Å². The van der Waals surface area contributed by atoms with Gasteiger partial charge in [0.15, 0.2) is 0 Å². The molecule has 4 aliphatic rings. The Kier molecular flexibility index (Phi) is 10.3. The van der Waals surface area contributed by atoms with Crippen LogP contribution in [0.1, 0.15) is 61.2 Å². The molecular weight excluding hydrogens is 1060 g/mol. The predicted molar refractivity (Wildman–Crippen MR) is 367 cm³/mol. The minimum Gasteiger partial charge on any atom is -0.309 e. The molecule has 1 nitrogen and oxygen atoms in total. The van der Waals surface area contributed by atoms with E-state index in [1.807, 2.05) is 0 Å². The Morgan fingerprint density at radius 3 is 1.15 bits per heavy atom. The minimum absolute atomic E-state index is 0.418. The molecule has 15 aromatic rings. The zero-order chi connectivity index (χ0) is 57.8. The molecule has 0 amide bonds. The van der Waals surface area contributed by atoms with E-state index in [0.717, 1.165) is 11.1 Å². The highest BCUT2D eigenvalue weighted by Crippen LogP contribution is 2.66. The molecule has 0 N–H and O–H groups in total. The molecule has 2 spiro atoms. The summed E-state index contributed by atoms with van der Waals surface area (Å²) in [6.45, 7) is 2.24. The molecule has 408 valence electrons. The van der Waals surface area contributed by atoms with Gasteiger partial charge in [0.1, 0.15) is 0 Å². The highest BCUT2D eigenvalue weighted by molar-refractivity contribution is 6.11. The second-order valence-corrected chi connectivity index (χ2v) is 24.7. The summed E-state index contributed by atoms with van der Waals surface area (Å²) < 4.78 is 2.41. The van der Waals surface area contributed by atoms with E-state index in [9.17, 15) is 0 Å². The zero-order valence-corrected chi connectivity index (χ0v) is 48.5. The van der Waals surface area contributed by atoms with Crippen LogP contribution in [-0.4, -0.2) is 4.57 Å². The van der Waals surface area contributed by atoms with Crippen LogP contribution in [0.2, 0.25) is 0 Å². The van der Waals surface area contributed by atoms with Crippen LogP contribution in [0.25, 0.3) is 128 Å². The van der Waals surface area contributed by atoms with E-state index < -0.39 is 10.8 Å². The van der Waals surface area contributed by atoms with Gasteiger partial charge in [-0.25, -0.2) is 0 Å². The standard InChI is InChI=1S/C87H55N/c1-54-26-43-70-71-45-39-63(52-82(71)86(80(70)48-54)76-21-9-4-16-66(76)67-17-5-10-22-77(67)86)64-40-46-73-72-44-38-62(51-81(72)87(83(73)53-64)78-23-11-6-18-68(78)69-19-7-12-24-79(69)87)59-35-31-56(32-36-59)28-27-55-29-33-58(34-30-55)61-41-47-85-75(50-61)74-20-8-13-25-84(74)88(85)65-42-37-57-14-2-3-15-60(57)49-65/h2-53H,1H3/b28-27+. The molecule has 0 aliphatic heterocycles. The van der Waals surface area contributed by atoms with E-state index in [-0.39, 0.29) is 0 Å². The lowest BCUT2D eigenvalue weighted by atomic mass is 9.69. The summed E-state index contributed by atoms with van der Waals surface area (Å²) >= 11 is 0. The quantitative estimate of drug-likeness (QED) is 0.146. The molecule has 0 radical (unpaired) electrons. The van der Waals surface area contributed by atoms with Crippen molar-refractivity contribution in [1.29, 1.82) is 0 Å². The Morgan fingerprint density at radius 1 is 0.250 bits per heavy atom. The Morgan fingerprint density at radius 2 is 0.625 bits per heavy atom. The Bertz CT molecular complexity index is 5420. The van der Waals surface area contributed by atoms with Crippen molar-refractivity contribution >= 4 is 44.7 Å². The van der Waals surface area contributed by atoms with Gasteiger partial charge in [0.25, 0.3) is 0 Å². The topological polar surface area (TPSA) is 4.93 Å². The van der Waals surface area contributed by atoms with Crippen LogP contribution >= 0.6 is 0 Å². The van der Waals surface area contributed by atoms with Crippen molar-refractivity contribution in [3.63, 3.8) is 0 Å². The van der Waals surface area contributed by atoms with Gasteiger partial charge in [-0.2, -0.15) is 0 Å². The lowest BCUT2D eigenvalue weighted by molar-refractivity contribution is 0.792. The molecule has 14 aromatic carbocycles. The van der Waals surface area contributed by atoms with E-state index in [1.165, 1.54) is 166 Å². The molecule has 0 saturated carbocycles. The van der Waals surface area contributed by atoms with E-state index in [0.29, 0.717) is 0 Å². The Balaban J connectivity index is 0.659. The fourth-order valence-electron chi connectivity index (χ4n) is 16.4. The van der Waals surface area contributed by atoms with Crippen molar-refractivity contribution in [2.75, 3.05) is 0 Å². The van der Waals surface area contributed by atoms with Gasteiger partial charge >= 0.3 is 0 Å². The first kappa shape index (κ1) is 49.2. The fourth-order valence-corrected chi connectivity index (χ4v) is 16.4. The molecular formula is C87H55N. The Hall–Kier alpha value is -11.1. The van der Waals surface area contributed by atoms with Gasteiger partial charge in [-0.05, 0) is 200 Å². The Labute approximate surface area is 512 Å². The van der Waals surface area contributed by atoms with Gasteiger partial charge in [0.2, 0.25) is 0 Å². The number of benzene rings is 14. The molecule has 1 aromatic heterocycles. The second-order valence-electron chi connectivity index (χ2n) is 24.7. The number of hydrogen-bond donors (Lipinski definition) is 0. The largest absolute Gasteiger partial charge is 0.309 e. The monoisotopic (exact) mass is 1110 g/mol. The predicted octanol–water partition coefficient (Wildman–Crippen LogP) is 22.1. The van der Waals surface area contributed by atoms with Gasteiger partial charge in [-0.3, -0.25) is 0 Å². The average Bonchev–Trinajstić information content (AvgIpc) is 1.54. The summed E-state index contributed by atoms with van der Waals surface area (Å²) in [5.74, 6) is 0. The summed E-state index contributed by atoms with van der Waals surface area (Å²) in [6.07, 6.45) is 4.46. The van der Waals surface area contributed by atoms with Crippen molar-refractivity contribution in [2.45, 2.75) is 17.8 Å². The van der Waals surface area contributed by atoms with Gasteiger partial charge in [-0.15, -0.1) is 0 Å². The first-order valence-electron chi connectivity index (χ1n) is 30.9. The third kappa shape index (κ3) is 6.76. The van der Waals surface area contributed by atoms with E-state index >= 15 is 0 Å². The number of aryl methyl sites for hydroxylation is 1. The molecule has 4 aliphatic carbocycles. The smallest absolute Gasteiger partial charge is 0.0725 e. The van der Waals surface area contributed by atoms with Crippen LogP contribution < -0.4 is 0 Å². The third-order valence-corrected chi connectivity index (χ3v) is 20.3. The molecule has 0 unspecified atom stereocenters. The van der Waals surface area contributed by atoms with Crippen molar-refractivity contribution in [2.24, 2.45) is 0 Å². The third-order valence-electron chi connectivity index (χ3n) is 20.3. The number of nitrogens with zero attached hydrogens (tertiary/aromatic N) is 1. The highest BCUT2D eigenvalue weighted by Gasteiger charge is 2.53. The maximum Gasteiger partial charge on any atom is 0.0725 e. The van der Waals surface area contributed by atoms with Gasteiger partial charge in [-0.1, -0.05) is 273 Å². The van der Waals surface area contributed by atoms with Crippen LogP contribution in [0.4, 0.5) is 0 Å². The van der Waals surface area contributed by atoms with E-state index in [4.69, 9.17) is 0 Å². The second kappa shape index (κ2) is 18.4. The molecule has 88 heavy (non-hydrogen) atoms. The maximum absolute atomic E-state index is 2.55. The summed E-state index contributed by atoms with van der Waals surface area (Å²) in [4.78, 5) is 0. The first-order chi connectivity index (χ1) is 43.5. The molecule has 19 rings (SSSR count). The molecule has 0 saturated heterocycles. The van der Waals surface area contributed by atoms with Gasteiger partial charge in [0, 0.05) is 16.5 Å². The van der Waals surface area contributed by atoms with Crippen LogP contribution in [0, 0.1) is 6.92 Å². The number of aromatic nitrogens is 1. The summed E-state index contributed by atoms with van der Waals surface area (Å²) in [5, 5.41) is 5.01. The van der Waals surface area contributed by atoms with Crippen LogP contribution in [0.3, 0.4) is 0 Å². The fraction of sp³-hybridized carbons (Fsp3) is 0.0345. The summed E-state index contributed by atoms with van der Waals surface area (Å²) in [6, 6.07) is 115. The first-order valence-corrected chi connectivity index (χ1v) is 30.9. The maximum atomic E-state index is 2.55. The molecule has 0 atom stereocenters. The van der Waals surface area contributed by atoms with Crippen LogP contribution in [0.5, 0.6) is 0 Å². The van der Waals surface area contributed by atoms with Crippen LogP contribution in [0.15, 0.2) is 303 Å². The number of rotatable bonds is 6. The summed E-state index contributed by atoms with van der Waals surface area (Å²) in [5.41, 5.74) is 34.9. The van der Waals surface area contributed by atoms with E-state index in [2.05, 4.69) is 327 Å². The zero-order valence-electron chi connectivity index (χ0n) is 48.5. The van der Waals surface area contributed by atoms with Gasteiger partial charge < -0.3 is 4.57 Å². The molecule has 1 heterocycles. The lowest BCUT2D eigenvalue weighted by Crippen LogP contribution is -2.26. The highest BCUT2D eigenvalue weighted by atomic mass is 15.0. The normalized spacial score (nSPS) is 13.9. The molecule has 1 heteroatoms. The molecule has 0 fully saturated rings. The van der Waals surface area contributed by atoms with Crippen LogP contribution in [-0.2, 0) is 10.8 Å². The molecule has 0 bridgehead atoms. The van der Waals surface area contributed by atoms with Crippen molar-refractivity contribution in [1.82, 2.24) is 4.57 Å². The van der Waals surface area contributed by atoms with Crippen molar-refractivity contribution < 1.29 is 0 Å². The van der Waals surface area contributed by atoms with Gasteiger partial charge in [0.05, 0.1) is 21.9 Å². The minimum atomic E-state index is -0.511. The SMILES string of the molecule is Cc1ccc2c(c1)C1(c3ccccc3-c3ccccc31)c1cc(-c3ccc4c(c3)C3(c5ccccc5-c5ccccc53)c3cc(-c5ccc(/C=C/c6ccc(-c7ccc8c(c7)c7ccccc7n8-c7ccc8ccccc8c7)cc6)cc5)ccc3-4)ccc1-2. The lowest BCUT2D eigenvalue weighted by Gasteiger charge is -2.31. The number of fused-ring (bicyclic) bond motifs is 24.